The SMILES string of the molecule is CNCc1sc(N2CCC(COC)C2)nc1C. The molecule has 0 aliphatic carbocycles. The van der Waals surface area contributed by atoms with Gasteiger partial charge in [-0.2, -0.15) is 0 Å². The minimum absolute atomic E-state index is 0.664. The van der Waals surface area contributed by atoms with E-state index in [9.17, 15) is 0 Å². The number of ether oxygens (including phenoxy) is 1. The maximum Gasteiger partial charge on any atom is 0.185 e. The van der Waals surface area contributed by atoms with Crippen LogP contribution in [0.3, 0.4) is 0 Å². The van der Waals surface area contributed by atoms with Crippen LogP contribution in [0, 0.1) is 12.8 Å². The highest BCUT2D eigenvalue weighted by Crippen LogP contribution is 2.30. The topological polar surface area (TPSA) is 37.4 Å². The number of hydrogen-bond acceptors (Lipinski definition) is 5. The van der Waals surface area contributed by atoms with E-state index in [2.05, 4.69) is 22.1 Å². The molecule has 5 heteroatoms. The first-order chi connectivity index (χ1) is 8.24. The van der Waals surface area contributed by atoms with Gasteiger partial charge in [0, 0.05) is 37.5 Å². The molecule has 2 heterocycles. The zero-order valence-corrected chi connectivity index (χ0v) is 11.6. The van der Waals surface area contributed by atoms with Gasteiger partial charge < -0.3 is 15.0 Å². The number of nitrogens with zero attached hydrogens (tertiary/aromatic N) is 2. The summed E-state index contributed by atoms with van der Waals surface area (Å²) in [4.78, 5) is 8.40. The second-order valence-corrected chi connectivity index (χ2v) is 5.65. The van der Waals surface area contributed by atoms with E-state index in [1.807, 2.05) is 18.4 Å². The Balaban J connectivity index is 2.01. The van der Waals surface area contributed by atoms with Crippen LogP contribution < -0.4 is 10.2 Å². The molecule has 0 aromatic carbocycles. The van der Waals surface area contributed by atoms with E-state index < -0.39 is 0 Å². The minimum atomic E-state index is 0.664. The first-order valence-corrected chi connectivity index (χ1v) is 6.91. The lowest BCUT2D eigenvalue weighted by Gasteiger charge is -2.14. The van der Waals surface area contributed by atoms with Crippen LogP contribution in [0.5, 0.6) is 0 Å². The van der Waals surface area contributed by atoms with Crippen LogP contribution >= 0.6 is 11.3 Å². The first-order valence-electron chi connectivity index (χ1n) is 6.09. The molecular weight excluding hydrogens is 234 g/mol. The van der Waals surface area contributed by atoms with Crippen molar-refractivity contribution in [1.29, 1.82) is 0 Å². The van der Waals surface area contributed by atoms with E-state index in [4.69, 9.17) is 4.74 Å². The Morgan fingerprint density at radius 1 is 1.59 bits per heavy atom. The first kappa shape index (κ1) is 12.8. The van der Waals surface area contributed by atoms with Gasteiger partial charge in [0.2, 0.25) is 0 Å². The third kappa shape index (κ3) is 2.97. The number of nitrogens with one attached hydrogen (secondary N) is 1. The summed E-state index contributed by atoms with van der Waals surface area (Å²) in [5.74, 6) is 0.664. The molecule has 0 bridgehead atoms. The molecule has 1 atom stereocenters. The summed E-state index contributed by atoms with van der Waals surface area (Å²) in [6.07, 6.45) is 1.22. The average molecular weight is 255 g/mol. The number of aryl methyl sites for hydroxylation is 1. The standard InChI is InChI=1S/C12H21N3OS/c1-9-11(6-13-2)17-12(14-9)15-5-4-10(7-15)8-16-3/h10,13H,4-8H2,1-3H3. The molecule has 96 valence electrons. The second-order valence-electron chi connectivity index (χ2n) is 4.59. The van der Waals surface area contributed by atoms with Gasteiger partial charge in [-0.1, -0.05) is 0 Å². The highest BCUT2D eigenvalue weighted by molar-refractivity contribution is 7.15. The summed E-state index contributed by atoms with van der Waals surface area (Å²) in [5.41, 5.74) is 1.16. The second kappa shape index (κ2) is 5.80. The maximum absolute atomic E-state index is 5.22. The Morgan fingerprint density at radius 3 is 3.12 bits per heavy atom. The summed E-state index contributed by atoms with van der Waals surface area (Å²) < 4.78 is 5.22. The van der Waals surface area contributed by atoms with Gasteiger partial charge in [0.1, 0.15) is 0 Å². The van der Waals surface area contributed by atoms with Crippen LogP contribution in [0.25, 0.3) is 0 Å². The number of hydrogen-bond donors (Lipinski definition) is 1. The molecule has 1 aliphatic heterocycles. The molecule has 1 unspecified atom stereocenters. The average Bonchev–Trinajstić information content (AvgIpc) is 2.88. The minimum Gasteiger partial charge on any atom is -0.384 e. The lowest BCUT2D eigenvalue weighted by molar-refractivity contribution is 0.161. The number of aromatic nitrogens is 1. The van der Waals surface area contributed by atoms with Gasteiger partial charge >= 0.3 is 0 Å². The molecular formula is C12H21N3OS. The fraction of sp³-hybridized carbons (Fsp3) is 0.750. The molecule has 1 N–H and O–H groups in total. The van der Waals surface area contributed by atoms with E-state index in [0.717, 1.165) is 31.9 Å². The molecule has 1 aliphatic rings. The Morgan fingerprint density at radius 2 is 2.41 bits per heavy atom. The molecule has 17 heavy (non-hydrogen) atoms. The van der Waals surface area contributed by atoms with E-state index in [0.29, 0.717) is 5.92 Å². The van der Waals surface area contributed by atoms with Crippen LogP contribution in [-0.2, 0) is 11.3 Å². The molecule has 0 saturated carbocycles. The highest BCUT2D eigenvalue weighted by atomic mass is 32.1. The van der Waals surface area contributed by atoms with Crippen molar-refractivity contribution in [3.8, 4) is 0 Å². The van der Waals surface area contributed by atoms with Crippen LogP contribution in [0.15, 0.2) is 0 Å². The lowest BCUT2D eigenvalue weighted by Crippen LogP contribution is -2.20. The molecule has 1 saturated heterocycles. The van der Waals surface area contributed by atoms with Crippen LogP contribution in [0.2, 0.25) is 0 Å². The molecule has 1 fully saturated rings. The Hall–Kier alpha value is -0.650. The lowest BCUT2D eigenvalue weighted by atomic mass is 10.1. The van der Waals surface area contributed by atoms with Crippen LogP contribution in [0.1, 0.15) is 17.0 Å². The van der Waals surface area contributed by atoms with Gasteiger partial charge in [0.05, 0.1) is 12.3 Å². The third-order valence-corrected chi connectivity index (χ3v) is 4.40. The maximum atomic E-state index is 5.22. The van der Waals surface area contributed by atoms with Gasteiger partial charge in [-0.3, -0.25) is 0 Å². The zero-order valence-electron chi connectivity index (χ0n) is 10.8. The number of thiazole rings is 1. The summed E-state index contributed by atoms with van der Waals surface area (Å²) in [6.45, 7) is 6.07. The quantitative estimate of drug-likeness (QED) is 0.868. The van der Waals surface area contributed by atoms with E-state index in [-0.39, 0.29) is 0 Å². The van der Waals surface area contributed by atoms with Crippen molar-refractivity contribution in [3.63, 3.8) is 0 Å². The van der Waals surface area contributed by atoms with Gasteiger partial charge in [-0.15, -0.1) is 11.3 Å². The number of methoxy groups -OCH3 is 1. The predicted octanol–water partition coefficient (Wildman–Crippen LogP) is 1.64. The van der Waals surface area contributed by atoms with Gasteiger partial charge in [-0.25, -0.2) is 4.98 Å². The predicted molar refractivity (Wildman–Crippen MR) is 71.8 cm³/mol. The van der Waals surface area contributed by atoms with E-state index in [1.165, 1.54) is 16.4 Å². The normalized spacial score (nSPS) is 20.2. The fourth-order valence-corrected chi connectivity index (χ4v) is 3.36. The van der Waals surface area contributed by atoms with Crippen molar-refractivity contribution in [2.24, 2.45) is 5.92 Å². The zero-order chi connectivity index (χ0) is 12.3. The molecule has 0 amide bonds. The summed E-state index contributed by atoms with van der Waals surface area (Å²) in [6, 6.07) is 0. The summed E-state index contributed by atoms with van der Waals surface area (Å²) >= 11 is 1.81. The molecule has 4 nitrogen and oxygen atoms in total. The van der Waals surface area contributed by atoms with Gasteiger partial charge in [0.15, 0.2) is 5.13 Å². The monoisotopic (exact) mass is 255 g/mol. The molecule has 1 aromatic heterocycles. The van der Waals surface area contributed by atoms with Crippen LogP contribution in [-0.4, -0.2) is 38.8 Å². The van der Waals surface area contributed by atoms with Crippen molar-refractivity contribution in [2.75, 3.05) is 38.8 Å². The van der Waals surface area contributed by atoms with E-state index in [1.54, 1.807) is 7.11 Å². The van der Waals surface area contributed by atoms with Gasteiger partial charge in [-0.05, 0) is 20.4 Å². The van der Waals surface area contributed by atoms with Gasteiger partial charge in [0.25, 0.3) is 0 Å². The van der Waals surface area contributed by atoms with Crippen molar-refractivity contribution >= 4 is 16.5 Å². The van der Waals surface area contributed by atoms with Crippen molar-refractivity contribution < 1.29 is 4.74 Å². The smallest absolute Gasteiger partial charge is 0.185 e. The Labute approximate surface area is 107 Å². The Kier molecular flexibility index (Phi) is 4.36. The number of anilines is 1. The van der Waals surface area contributed by atoms with Crippen molar-refractivity contribution in [3.05, 3.63) is 10.6 Å². The largest absolute Gasteiger partial charge is 0.384 e. The van der Waals surface area contributed by atoms with Crippen molar-refractivity contribution in [2.45, 2.75) is 19.9 Å². The summed E-state index contributed by atoms with van der Waals surface area (Å²) in [5, 5.41) is 4.36. The third-order valence-electron chi connectivity index (χ3n) is 3.18. The molecule has 1 aromatic rings. The molecule has 0 radical (unpaired) electrons. The summed E-state index contributed by atoms with van der Waals surface area (Å²) in [7, 11) is 3.75. The Bertz CT molecular complexity index is 367. The fourth-order valence-electron chi connectivity index (χ4n) is 2.25. The van der Waals surface area contributed by atoms with E-state index >= 15 is 0 Å². The van der Waals surface area contributed by atoms with Crippen molar-refractivity contribution in [1.82, 2.24) is 10.3 Å². The highest BCUT2D eigenvalue weighted by Gasteiger charge is 2.25. The molecule has 2 rings (SSSR count). The molecule has 0 spiro atoms. The number of rotatable bonds is 5. The van der Waals surface area contributed by atoms with Crippen LogP contribution in [0.4, 0.5) is 5.13 Å².